The van der Waals surface area contributed by atoms with Gasteiger partial charge in [-0.2, -0.15) is 5.10 Å². The van der Waals surface area contributed by atoms with Gasteiger partial charge in [0.25, 0.3) is 5.91 Å². The first-order valence-corrected chi connectivity index (χ1v) is 8.01. The lowest BCUT2D eigenvalue weighted by molar-refractivity contribution is 0.102. The van der Waals surface area contributed by atoms with Crippen LogP contribution in [0.25, 0.3) is 5.69 Å². The van der Waals surface area contributed by atoms with Gasteiger partial charge in [-0.1, -0.05) is 11.6 Å². The minimum atomic E-state index is -0.218. The monoisotopic (exact) mass is 356 g/mol. The van der Waals surface area contributed by atoms with Crippen LogP contribution in [0.15, 0.2) is 42.6 Å². The summed E-state index contributed by atoms with van der Waals surface area (Å²) in [6.07, 6.45) is 1.54. The van der Waals surface area contributed by atoms with Gasteiger partial charge in [-0.25, -0.2) is 9.67 Å². The fourth-order valence-electron chi connectivity index (χ4n) is 2.41. The summed E-state index contributed by atoms with van der Waals surface area (Å²) in [6.45, 7) is 3.76. The van der Waals surface area contributed by atoms with Crippen LogP contribution in [0, 0.1) is 13.8 Å². The van der Waals surface area contributed by atoms with Crippen LogP contribution in [0.3, 0.4) is 0 Å². The standard InChI is InChI=1S/C18H17ClN4O2/c1-11-17(19)12(2)23(22-11)15-7-4-13(5-8-15)18(24)21-14-6-9-16(25-3)20-10-14/h4-10H,1-3H3,(H,21,24). The molecule has 2 aromatic heterocycles. The Morgan fingerprint density at radius 1 is 1.16 bits per heavy atom. The fraction of sp³-hybridized carbons (Fsp3) is 0.167. The number of carbonyl (C=O) groups excluding carboxylic acids is 1. The molecule has 0 fully saturated rings. The van der Waals surface area contributed by atoms with Gasteiger partial charge in [-0.15, -0.1) is 0 Å². The van der Waals surface area contributed by atoms with Crippen LogP contribution in [-0.2, 0) is 0 Å². The lowest BCUT2D eigenvalue weighted by Crippen LogP contribution is -2.12. The Morgan fingerprint density at radius 3 is 2.40 bits per heavy atom. The van der Waals surface area contributed by atoms with Crippen molar-refractivity contribution in [2.45, 2.75) is 13.8 Å². The molecule has 1 aromatic carbocycles. The SMILES string of the molecule is COc1ccc(NC(=O)c2ccc(-n3nc(C)c(Cl)c3C)cc2)cn1. The van der Waals surface area contributed by atoms with E-state index in [1.165, 1.54) is 7.11 Å². The molecule has 25 heavy (non-hydrogen) atoms. The number of amides is 1. The zero-order chi connectivity index (χ0) is 18.0. The number of anilines is 1. The van der Waals surface area contributed by atoms with Crippen molar-refractivity contribution in [1.82, 2.24) is 14.8 Å². The molecule has 1 N–H and O–H groups in total. The number of halogens is 1. The first-order chi connectivity index (χ1) is 12.0. The Labute approximate surface area is 150 Å². The molecular weight excluding hydrogens is 340 g/mol. The van der Waals surface area contributed by atoms with Gasteiger partial charge in [0.2, 0.25) is 5.88 Å². The van der Waals surface area contributed by atoms with Crippen molar-refractivity contribution in [3.8, 4) is 11.6 Å². The van der Waals surface area contributed by atoms with Crippen LogP contribution in [0.4, 0.5) is 5.69 Å². The third-order valence-corrected chi connectivity index (χ3v) is 4.33. The molecule has 0 radical (unpaired) electrons. The van der Waals surface area contributed by atoms with Crippen LogP contribution in [0.1, 0.15) is 21.7 Å². The zero-order valence-electron chi connectivity index (χ0n) is 14.1. The molecule has 0 atom stereocenters. The second kappa shape index (κ2) is 6.94. The summed E-state index contributed by atoms with van der Waals surface area (Å²) in [5, 5.41) is 7.84. The molecule has 0 aliphatic carbocycles. The van der Waals surface area contributed by atoms with Crippen LogP contribution in [0.2, 0.25) is 5.02 Å². The van der Waals surface area contributed by atoms with Crippen molar-refractivity contribution >= 4 is 23.2 Å². The molecule has 0 spiro atoms. The quantitative estimate of drug-likeness (QED) is 0.772. The molecule has 6 nitrogen and oxygen atoms in total. The number of methoxy groups -OCH3 is 1. The first kappa shape index (κ1) is 17.0. The smallest absolute Gasteiger partial charge is 0.255 e. The van der Waals surface area contributed by atoms with E-state index in [-0.39, 0.29) is 5.91 Å². The second-order valence-electron chi connectivity index (χ2n) is 5.49. The van der Waals surface area contributed by atoms with Gasteiger partial charge >= 0.3 is 0 Å². The van der Waals surface area contributed by atoms with E-state index in [1.54, 1.807) is 35.1 Å². The molecule has 0 saturated heterocycles. The number of ether oxygens (including phenoxy) is 1. The van der Waals surface area contributed by atoms with Crippen molar-refractivity contribution < 1.29 is 9.53 Å². The number of aromatic nitrogens is 3. The average molecular weight is 357 g/mol. The van der Waals surface area contributed by atoms with E-state index in [0.29, 0.717) is 22.2 Å². The third-order valence-electron chi connectivity index (χ3n) is 3.78. The Balaban J connectivity index is 1.77. The molecule has 0 aliphatic rings. The largest absolute Gasteiger partial charge is 0.481 e. The molecule has 0 bridgehead atoms. The van der Waals surface area contributed by atoms with Crippen LogP contribution >= 0.6 is 11.6 Å². The number of benzene rings is 1. The van der Waals surface area contributed by atoms with Gasteiger partial charge in [0, 0.05) is 11.6 Å². The summed E-state index contributed by atoms with van der Waals surface area (Å²) >= 11 is 6.18. The maximum atomic E-state index is 12.3. The minimum Gasteiger partial charge on any atom is -0.481 e. The lowest BCUT2D eigenvalue weighted by Gasteiger charge is -2.08. The van der Waals surface area contributed by atoms with E-state index < -0.39 is 0 Å². The molecule has 3 rings (SSSR count). The van der Waals surface area contributed by atoms with Crippen molar-refractivity contribution in [2.75, 3.05) is 12.4 Å². The van der Waals surface area contributed by atoms with Crippen molar-refractivity contribution in [2.24, 2.45) is 0 Å². The van der Waals surface area contributed by atoms with Gasteiger partial charge in [0.05, 0.1) is 41.1 Å². The Morgan fingerprint density at radius 2 is 1.88 bits per heavy atom. The zero-order valence-corrected chi connectivity index (χ0v) is 14.8. The van der Waals surface area contributed by atoms with E-state index in [1.807, 2.05) is 26.0 Å². The second-order valence-corrected chi connectivity index (χ2v) is 5.86. The van der Waals surface area contributed by atoms with Crippen LogP contribution in [-0.4, -0.2) is 27.8 Å². The number of nitrogens with one attached hydrogen (secondary N) is 1. The van der Waals surface area contributed by atoms with Gasteiger partial charge < -0.3 is 10.1 Å². The summed E-state index contributed by atoms with van der Waals surface area (Å²) in [5.74, 6) is 0.274. The Kier molecular flexibility index (Phi) is 4.72. The summed E-state index contributed by atoms with van der Waals surface area (Å²) < 4.78 is 6.75. The van der Waals surface area contributed by atoms with E-state index in [9.17, 15) is 4.79 Å². The highest BCUT2D eigenvalue weighted by Crippen LogP contribution is 2.22. The number of rotatable bonds is 4. The predicted molar refractivity (Wildman–Crippen MR) is 96.8 cm³/mol. The molecular formula is C18H17ClN4O2. The van der Waals surface area contributed by atoms with Crippen molar-refractivity contribution in [1.29, 1.82) is 0 Å². The normalized spacial score (nSPS) is 10.6. The number of carbonyl (C=O) groups is 1. The topological polar surface area (TPSA) is 69.0 Å². The van der Waals surface area contributed by atoms with Gasteiger partial charge in [0.15, 0.2) is 0 Å². The van der Waals surface area contributed by atoms with Crippen molar-refractivity contribution in [3.63, 3.8) is 0 Å². The number of aryl methyl sites for hydroxylation is 1. The molecule has 2 heterocycles. The fourth-order valence-corrected chi connectivity index (χ4v) is 2.53. The molecule has 7 heteroatoms. The van der Waals surface area contributed by atoms with Crippen LogP contribution < -0.4 is 10.1 Å². The average Bonchev–Trinajstić information content (AvgIpc) is 2.90. The molecule has 0 unspecified atom stereocenters. The number of pyridine rings is 1. The maximum absolute atomic E-state index is 12.3. The highest BCUT2D eigenvalue weighted by atomic mass is 35.5. The molecule has 0 saturated carbocycles. The molecule has 128 valence electrons. The minimum absolute atomic E-state index is 0.218. The third kappa shape index (κ3) is 3.49. The summed E-state index contributed by atoms with van der Waals surface area (Å²) in [4.78, 5) is 16.4. The van der Waals surface area contributed by atoms with Crippen molar-refractivity contribution in [3.05, 3.63) is 64.6 Å². The molecule has 0 aliphatic heterocycles. The van der Waals surface area contributed by atoms with Gasteiger partial charge in [-0.3, -0.25) is 4.79 Å². The highest BCUT2D eigenvalue weighted by molar-refractivity contribution is 6.31. The number of nitrogens with zero attached hydrogens (tertiary/aromatic N) is 3. The number of hydrogen-bond acceptors (Lipinski definition) is 4. The van der Waals surface area contributed by atoms with E-state index in [0.717, 1.165) is 17.1 Å². The Hall–Kier alpha value is -2.86. The number of hydrogen-bond donors (Lipinski definition) is 1. The summed E-state index contributed by atoms with van der Waals surface area (Å²) in [6, 6.07) is 10.6. The van der Waals surface area contributed by atoms with Gasteiger partial charge in [0.1, 0.15) is 0 Å². The maximum Gasteiger partial charge on any atom is 0.255 e. The summed E-state index contributed by atoms with van der Waals surface area (Å²) in [5.41, 5.74) is 3.61. The Bertz CT molecular complexity index is 902. The lowest BCUT2D eigenvalue weighted by atomic mass is 10.2. The van der Waals surface area contributed by atoms with E-state index in [2.05, 4.69) is 15.4 Å². The van der Waals surface area contributed by atoms with E-state index >= 15 is 0 Å². The molecule has 3 aromatic rings. The molecule has 1 amide bonds. The van der Waals surface area contributed by atoms with Gasteiger partial charge in [-0.05, 0) is 44.2 Å². The van der Waals surface area contributed by atoms with E-state index in [4.69, 9.17) is 16.3 Å². The summed E-state index contributed by atoms with van der Waals surface area (Å²) in [7, 11) is 1.54. The highest BCUT2D eigenvalue weighted by Gasteiger charge is 2.12. The van der Waals surface area contributed by atoms with Crippen LogP contribution in [0.5, 0.6) is 5.88 Å². The predicted octanol–water partition coefficient (Wildman–Crippen LogP) is 3.80. The first-order valence-electron chi connectivity index (χ1n) is 7.63.